The first-order chi connectivity index (χ1) is 9.19. The van der Waals surface area contributed by atoms with Gasteiger partial charge in [-0.3, -0.25) is 4.90 Å². The van der Waals surface area contributed by atoms with Crippen molar-refractivity contribution in [1.29, 1.82) is 0 Å². The molecule has 1 aliphatic heterocycles. The molecule has 1 aromatic heterocycles. The number of aryl methyl sites for hydroxylation is 1. The highest BCUT2D eigenvalue weighted by Gasteiger charge is 2.27. The SMILES string of the molecule is Cc1c(Cl)c(CN2CC(CO)C2)nc2ccccc12. The maximum Gasteiger partial charge on any atom is 0.0740 e. The van der Waals surface area contributed by atoms with Crippen molar-refractivity contribution in [3.8, 4) is 0 Å². The lowest BCUT2D eigenvalue weighted by atomic mass is 10.0. The topological polar surface area (TPSA) is 36.4 Å². The van der Waals surface area contributed by atoms with Crippen molar-refractivity contribution < 1.29 is 5.11 Å². The van der Waals surface area contributed by atoms with Crippen LogP contribution in [0.5, 0.6) is 0 Å². The summed E-state index contributed by atoms with van der Waals surface area (Å²) in [6.07, 6.45) is 0. The predicted octanol–water partition coefficient (Wildman–Crippen LogP) is 2.62. The number of hydrogen-bond acceptors (Lipinski definition) is 3. The molecule has 1 saturated heterocycles. The van der Waals surface area contributed by atoms with E-state index in [4.69, 9.17) is 16.7 Å². The zero-order valence-corrected chi connectivity index (χ0v) is 11.7. The number of pyridine rings is 1. The fraction of sp³-hybridized carbons (Fsp3) is 0.400. The minimum absolute atomic E-state index is 0.272. The van der Waals surface area contributed by atoms with E-state index >= 15 is 0 Å². The van der Waals surface area contributed by atoms with Gasteiger partial charge < -0.3 is 5.11 Å². The number of likely N-dealkylation sites (tertiary alicyclic amines) is 1. The Labute approximate surface area is 117 Å². The van der Waals surface area contributed by atoms with Gasteiger partial charge in [0.2, 0.25) is 0 Å². The Balaban J connectivity index is 1.89. The first-order valence-corrected chi connectivity index (χ1v) is 6.93. The number of para-hydroxylation sites is 1. The highest BCUT2D eigenvalue weighted by atomic mass is 35.5. The number of hydrogen-bond donors (Lipinski definition) is 1. The number of halogens is 1. The summed E-state index contributed by atoms with van der Waals surface area (Å²) in [5.74, 6) is 0.417. The molecular weight excluding hydrogens is 260 g/mol. The molecule has 0 amide bonds. The van der Waals surface area contributed by atoms with Crippen LogP contribution >= 0.6 is 11.6 Å². The number of fused-ring (bicyclic) bond motifs is 1. The first-order valence-electron chi connectivity index (χ1n) is 6.56. The van der Waals surface area contributed by atoms with Gasteiger partial charge in [-0.1, -0.05) is 29.8 Å². The van der Waals surface area contributed by atoms with E-state index in [1.165, 1.54) is 0 Å². The highest BCUT2D eigenvalue weighted by Crippen LogP contribution is 2.29. The largest absolute Gasteiger partial charge is 0.396 e. The summed E-state index contributed by atoms with van der Waals surface area (Å²) in [6, 6.07) is 8.08. The van der Waals surface area contributed by atoms with Crippen LogP contribution in [0.15, 0.2) is 24.3 Å². The van der Waals surface area contributed by atoms with E-state index in [2.05, 4.69) is 16.0 Å². The molecule has 0 unspecified atom stereocenters. The third kappa shape index (κ3) is 2.34. The van der Waals surface area contributed by atoms with Gasteiger partial charge in [0, 0.05) is 37.5 Å². The number of aliphatic hydroxyl groups excluding tert-OH is 1. The average Bonchev–Trinajstić information content (AvgIpc) is 2.39. The lowest BCUT2D eigenvalue weighted by Gasteiger charge is -2.38. The fourth-order valence-corrected chi connectivity index (χ4v) is 2.86. The van der Waals surface area contributed by atoms with Crippen molar-refractivity contribution >= 4 is 22.5 Å². The van der Waals surface area contributed by atoms with Crippen LogP contribution in [-0.2, 0) is 6.54 Å². The lowest BCUT2D eigenvalue weighted by Crippen LogP contribution is -2.47. The van der Waals surface area contributed by atoms with Crippen LogP contribution in [0.4, 0.5) is 0 Å². The normalized spacial score (nSPS) is 16.8. The summed E-state index contributed by atoms with van der Waals surface area (Å²) in [5.41, 5.74) is 3.04. The second-order valence-corrected chi connectivity index (χ2v) is 5.64. The molecule has 1 N–H and O–H groups in total. The Bertz CT molecular complexity index is 608. The van der Waals surface area contributed by atoms with Crippen LogP contribution < -0.4 is 0 Å². The maximum absolute atomic E-state index is 9.04. The number of rotatable bonds is 3. The van der Waals surface area contributed by atoms with E-state index in [1.807, 2.05) is 25.1 Å². The van der Waals surface area contributed by atoms with Crippen LogP contribution in [-0.4, -0.2) is 34.7 Å². The maximum atomic E-state index is 9.04. The summed E-state index contributed by atoms with van der Waals surface area (Å²) in [5, 5.41) is 10.9. The van der Waals surface area contributed by atoms with Gasteiger partial charge in [-0.25, -0.2) is 4.98 Å². The van der Waals surface area contributed by atoms with E-state index in [0.717, 1.165) is 46.8 Å². The first kappa shape index (κ1) is 12.9. The third-order valence-corrected chi connectivity index (χ3v) is 4.31. The molecular formula is C15H17ClN2O. The summed E-state index contributed by atoms with van der Waals surface area (Å²) >= 11 is 6.43. The molecule has 2 heterocycles. The lowest BCUT2D eigenvalue weighted by molar-refractivity contribution is 0.0471. The van der Waals surface area contributed by atoms with Crippen molar-refractivity contribution in [3.63, 3.8) is 0 Å². The van der Waals surface area contributed by atoms with E-state index in [9.17, 15) is 0 Å². The van der Waals surface area contributed by atoms with Crippen molar-refractivity contribution in [2.45, 2.75) is 13.5 Å². The Kier molecular flexibility index (Phi) is 3.44. The Morgan fingerprint density at radius 2 is 2.11 bits per heavy atom. The van der Waals surface area contributed by atoms with Gasteiger partial charge in [0.15, 0.2) is 0 Å². The average molecular weight is 277 g/mol. The summed E-state index contributed by atoms with van der Waals surface area (Å²) < 4.78 is 0. The van der Waals surface area contributed by atoms with Crippen molar-refractivity contribution in [2.75, 3.05) is 19.7 Å². The predicted molar refractivity (Wildman–Crippen MR) is 77.3 cm³/mol. The fourth-order valence-electron chi connectivity index (χ4n) is 2.66. The molecule has 3 nitrogen and oxygen atoms in total. The van der Waals surface area contributed by atoms with E-state index in [-0.39, 0.29) is 6.61 Å². The second-order valence-electron chi connectivity index (χ2n) is 5.26. The quantitative estimate of drug-likeness (QED) is 0.936. The zero-order chi connectivity index (χ0) is 13.4. The smallest absolute Gasteiger partial charge is 0.0740 e. The third-order valence-electron chi connectivity index (χ3n) is 3.81. The molecule has 3 rings (SSSR count). The molecule has 19 heavy (non-hydrogen) atoms. The molecule has 0 radical (unpaired) electrons. The van der Waals surface area contributed by atoms with Crippen LogP contribution in [0.25, 0.3) is 10.9 Å². The van der Waals surface area contributed by atoms with Crippen molar-refractivity contribution in [3.05, 3.63) is 40.5 Å². The van der Waals surface area contributed by atoms with Crippen LogP contribution in [0.2, 0.25) is 5.02 Å². The van der Waals surface area contributed by atoms with Gasteiger partial charge in [-0.2, -0.15) is 0 Å². The van der Waals surface area contributed by atoms with Gasteiger partial charge in [0.1, 0.15) is 0 Å². The monoisotopic (exact) mass is 276 g/mol. The van der Waals surface area contributed by atoms with Crippen molar-refractivity contribution in [1.82, 2.24) is 9.88 Å². The summed E-state index contributed by atoms with van der Waals surface area (Å²) in [7, 11) is 0. The number of aliphatic hydroxyl groups is 1. The highest BCUT2D eigenvalue weighted by molar-refractivity contribution is 6.32. The molecule has 0 bridgehead atoms. The molecule has 1 aromatic carbocycles. The minimum atomic E-state index is 0.272. The molecule has 100 valence electrons. The molecule has 0 spiro atoms. The molecule has 0 atom stereocenters. The van der Waals surface area contributed by atoms with Crippen LogP contribution in [0.3, 0.4) is 0 Å². The Morgan fingerprint density at radius 3 is 2.84 bits per heavy atom. The van der Waals surface area contributed by atoms with Crippen LogP contribution in [0, 0.1) is 12.8 Å². The zero-order valence-electron chi connectivity index (χ0n) is 10.9. The number of aromatic nitrogens is 1. The molecule has 0 saturated carbocycles. The van der Waals surface area contributed by atoms with Gasteiger partial charge in [-0.15, -0.1) is 0 Å². The van der Waals surface area contributed by atoms with Gasteiger partial charge >= 0.3 is 0 Å². The summed E-state index contributed by atoms with van der Waals surface area (Å²) in [6.45, 7) is 4.94. The summed E-state index contributed by atoms with van der Waals surface area (Å²) in [4.78, 5) is 6.94. The van der Waals surface area contributed by atoms with E-state index in [0.29, 0.717) is 5.92 Å². The Hall–Kier alpha value is -1.16. The molecule has 2 aromatic rings. The van der Waals surface area contributed by atoms with E-state index < -0.39 is 0 Å². The minimum Gasteiger partial charge on any atom is -0.396 e. The number of benzene rings is 1. The van der Waals surface area contributed by atoms with Gasteiger partial charge in [0.05, 0.1) is 16.2 Å². The molecule has 0 aliphatic carbocycles. The molecule has 1 fully saturated rings. The molecule has 4 heteroatoms. The second kappa shape index (κ2) is 5.08. The van der Waals surface area contributed by atoms with Gasteiger partial charge in [0.25, 0.3) is 0 Å². The van der Waals surface area contributed by atoms with Crippen molar-refractivity contribution in [2.24, 2.45) is 5.92 Å². The number of nitrogens with zero attached hydrogens (tertiary/aromatic N) is 2. The van der Waals surface area contributed by atoms with E-state index in [1.54, 1.807) is 0 Å². The van der Waals surface area contributed by atoms with Gasteiger partial charge in [-0.05, 0) is 18.6 Å². The Morgan fingerprint density at radius 1 is 1.37 bits per heavy atom. The van der Waals surface area contributed by atoms with Crippen LogP contribution in [0.1, 0.15) is 11.3 Å². The molecule has 1 aliphatic rings. The standard InChI is InChI=1S/C15H17ClN2O/c1-10-12-4-2-3-5-13(12)17-14(15(10)16)8-18-6-11(7-18)9-19/h2-5,11,19H,6-9H2,1H3.